The predicted molar refractivity (Wildman–Crippen MR) is 91.0 cm³/mol. The molecule has 2 aromatic heterocycles. The van der Waals surface area contributed by atoms with Crippen LogP contribution in [0.25, 0.3) is 22.1 Å². The van der Waals surface area contributed by atoms with E-state index in [2.05, 4.69) is 26.0 Å². The Balaban J connectivity index is 1.70. The Morgan fingerprint density at radius 1 is 1.42 bits per heavy atom. The van der Waals surface area contributed by atoms with E-state index in [1.807, 2.05) is 32.0 Å². The molecule has 0 spiro atoms. The lowest BCUT2D eigenvalue weighted by Gasteiger charge is -2.04. The monoisotopic (exact) mass is 325 g/mol. The zero-order valence-corrected chi connectivity index (χ0v) is 13.6. The molecule has 3 aromatic rings. The van der Waals surface area contributed by atoms with Gasteiger partial charge in [0.2, 0.25) is 0 Å². The highest BCUT2D eigenvalue weighted by molar-refractivity contribution is 5.99. The zero-order chi connectivity index (χ0) is 16.7. The van der Waals surface area contributed by atoms with Gasteiger partial charge in [0, 0.05) is 23.7 Å². The molecule has 1 aliphatic carbocycles. The summed E-state index contributed by atoms with van der Waals surface area (Å²) in [4.78, 5) is 11.7. The van der Waals surface area contributed by atoms with Crippen LogP contribution >= 0.6 is 0 Å². The average Bonchev–Trinajstić information content (AvgIpc) is 3.23. The summed E-state index contributed by atoms with van der Waals surface area (Å²) in [6.07, 6.45) is 2.39. The number of nitrogens with one attached hydrogen (secondary N) is 3. The van der Waals surface area contributed by atoms with Gasteiger partial charge in [0.1, 0.15) is 0 Å². The Bertz CT molecular complexity index is 907. The standard InChI is InChI=1S/C17H19N5O2/c1-3-18-17(23)19-16-12-7-6-11(8-13(12)24-22-16)14-9(2)20-21-15(14)10-4-5-10/h6-8,10H,3-5H2,1-2H3,(H,20,21)(H2,18,19,22,23). The largest absolute Gasteiger partial charge is 0.354 e. The number of rotatable bonds is 4. The first-order valence-electron chi connectivity index (χ1n) is 8.17. The summed E-state index contributed by atoms with van der Waals surface area (Å²) in [6.45, 7) is 4.44. The summed E-state index contributed by atoms with van der Waals surface area (Å²) in [5, 5.41) is 17.7. The molecule has 1 saturated carbocycles. The van der Waals surface area contributed by atoms with Crippen LogP contribution < -0.4 is 10.6 Å². The molecule has 3 N–H and O–H groups in total. The number of aromatic amines is 1. The van der Waals surface area contributed by atoms with Crippen molar-refractivity contribution in [1.82, 2.24) is 20.7 Å². The Kier molecular flexibility index (Phi) is 3.48. The van der Waals surface area contributed by atoms with Gasteiger partial charge in [-0.1, -0.05) is 11.2 Å². The molecule has 0 aliphatic heterocycles. The minimum Gasteiger partial charge on any atom is -0.354 e. The Morgan fingerprint density at radius 3 is 3.00 bits per heavy atom. The quantitative estimate of drug-likeness (QED) is 0.683. The maximum Gasteiger partial charge on any atom is 0.320 e. The van der Waals surface area contributed by atoms with E-state index in [1.165, 1.54) is 12.8 Å². The number of aromatic nitrogens is 3. The minimum atomic E-state index is -0.293. The first kappa shape index (κ1) is 14.7. The molecule has 0 saturated heterocycles. The van der Waals surface area contributed by atoms with Crippen LogP contribution in [0.4, 0.5) is 10.6 Å². The van der Waals surface area contributed by atoms with Crippen LogP contribution in [0.5, 0.6) is 0 Å². The lowest BCUT2D eigenvalue weighted by atomic mass is 10.0. The van der Waals surface area contributed by atoms with Crippen LogP contribution in [0.15, 0.2) is 22.7 Å². The third-order valence-electron chi connectivity index (χ3n) is 4.27. The van der Waals surface area contributed by atoms with Gasteiger partial charge in [-0.25, -0.2) is 4.79 Å². The summed E-state index contributed by atoms with van der Waals surface area (Å²) < 4.78 is 5.40. The Morgan fingerprint density at radius 2 is 2.25 bits per heavy atom. The third-order valence-corrected chi connectivity index (χ3v) is 4.27. The highest BCUT2D eigenvalue weighted by Gasteiger charge is 2.30. The topological polar surface area (TPSA) is 95.8 Å². The number of benzene rings is 1. The second-order valence-corrected chi connectivity index (χ2v) is 6.11. The molecule has 24 heavy (non-hydrogen) atoms. The molecule has 7 heteroatoms. The molecule has 0 radical (unpaired) electrons. The van der Waals surface area contributed by atoms with Crippen molar-refractivity contribution < 1.29 is 9.32 Å². The van der Waals surface area contributed by atoms with Gasteiger partial charge in [-0.05, 0) is 44.4 Å². The molecule has 0 unspecified atom stereocenters. The van der Waals surface area contributed by atoms with Crippen LogP contribution in [-0.4, -0.2) is 27.9 Å². The van der Waals surface area contributed by atoms with E-state index in [-0.39, 0.29) is 6.03 Å². The first-order valence-corrected chi connectivity index (χ1v) is 8.17. The highest BCUT2D eigenvalue weighted by atomic mass is 16.5. The number of aryl methyl sites for hydroxylation is 1. The number of fused-ring (bicyclic) bond motifs is 1. The minimum absolute atomic E-state index is 0.293. The highest BCUT2D eigenvalue weighted by Crippen LogP contribution is 2.44. The van der Waals surface area contributed by atoms with Crippen molar-refractivity contribution in [3.63, 3.8) is 0 Å². The van der Waals surface area contributed by atoms with Crippen molar-refractivity contribution in [2.24, 2.45) is 0 Å². The summed E-state index contributed by atoms with van der Waals surface area (Å²) in [6, 6.07) is 5.60. The molecule has 2 heterocycles. The van der Waals surface area contributed by atoms with Gasteiger partial charge in [0.15, 0.2) is 11.4 Å². The fraction of sp³-hybridized carbons (Fsp3) is 0.353. The second kappa shape index (κ2) is 5.67. The van der Waals surface area contributed by atoms with Gasteiger partial charge in [0.25, 0.3) is 0 Å². The smallest absolute Gasteiger partial charge is 0.320 e. The van der Waals surface area contributed by atoms with Crippen LogP contribution in [0.3, 0.4) is 0 Å². The van der Waals surface area contributed by atoms with Crippen molar-refractivity contribution in [1.29, 1.82) is 0 Å². The number of H-pyrrole nitrogens is 1. The summed E-state index contributed by atoms with van der Waals surface area (Å²) in [5.74, 6) is 0.985. The second-order valence-electron chi connectivity index (χ2n) is 6.11. The van der Waals surface area contributed by atoms with Gasteiger partial charge >= 0.3 is 6.03 Å². The first-order chi connectivity index (χ1) is 11.7. The van der Waals surface area contributed by atoms with E-state index >= 15 is 0 Å². The van der Waals surface area contributed by atoms with Crippen LogP contribution in [0.1, 0.15) is 37.1 Å². The molecular weight excluding hydrogens is 306 g/mol. The van der Waals surface area contributed by atoms with E-state index in [0.29, 0.717) is 23.9 Å². The van der Waals surface area contributed by atoms with Gasteiger partial charge in [-0.15, -0.1) is 0 Å². The normalized spacial score (nSPS) is 14.1. The van der Waals surface area contributed by atoms with Crippen molar-refractivity contribution >= 4 is 22.8 Å². The molecule has 0 atom stereocenters. The Hall–Kier alpha value is -2.83. The predicted octanol–water partition coefficient (Wildman–Crippen LogP) is 3.55. The average molecular weight is 325 g/mol. The molecular formula is C17H19N5O2. The number of amides is 2. The molecule has 2 amide bonds. The molecule has 0 bridgehead atoms. The lowest BCUT2D eigenvalue weighted by molar-refractivity contribution is 0.252. The molecule has 7 nitrogen and oxygen atoms in total. The molecule has 124 valence electrons. The van der Waals surface area contributed by atoms with Crippen molar-refractivity contribution in [2.75, 3.05) is 11.9 Å². The zero-order valence-electron chi connectivity index (χ0n) is 13.6. The van der Waals surface area contributed by atoms with Crippen molar-refractivity contribution in [3.05, 3.63) is 29.6 Å². The number of carbonyl (C=O) groups excluding carboxylic acids is 1. The SMILES string of the molecule is CCNC(=O)Nc1noc2cc(-c3c(C4CC4)n[nH]c3C)ccc12. The van der Waals surface area contributed by atoms with Crippen LogP contribution in [-0.2, 0) is 0 Å². The van der Waals surface area contributed by atoms with Gasteiger partial charge in [-0.2, -0.15) is 5.10 Å². The van der Waals surface area contributed by atoms with Crippen molar-refractivity contribution in [2.45, 2.75) is 32.6 Å². The fourth-order valence-corrected chi connectivity index (χ4v) is 2.96. The molecule has 4 rings (SSSR count). The summed E-state index contributed by atoms with van der Waals surface area (Å²) in [7, 11) is 0. The van der Waals surface area contributed by atoms with Crippen LogP contribution in [0, 0.1) is 6.92 Å². The lowest BCUT2D eigenvalue weighted by Crippen LogP contribution is -2.28. The number of anilines is 1. The Labute approximate surface area is 138 Å². The van der Waals surface area contributed by atoms with Gasteiger partial charge < -0.3 is 9.84 Å². The molecule has 1 aliphatic rings. The maximum absolute atomic E-state index is 11.7. The van der Waals surface area contributed by atoms with E-state index in [4.69, 9.17) is 4.52 Å². The maximum atomic E-state index is 11.7. The van der Waals surface area contributed by atoms with E-state index in [9.17, 15) is 4.79 Å². The van der Waals surface area contributed by atoms with Crippen LogP contribution in [0.2, 0.25) is 0 Å². The summed E-state index contributed by atoms with van der Waals surface area (Å²) >= 11 is 0. The third kappa shape index (κ3) is 2.51. The molecule has 1 aromatic carbocycles. The number of carbonyl (C=O) groups is 1. The fourth-order valence-electron chi connectivity index (χ4n) is 2.96. The number of nitrogens with zero attached hydrogens (tertiary/aromatic N) is 2. The van der Waals surface area contributed by atoms with E-state index < -0.39 is 0 Å². The van der Waals surface area contributed by atoms with Crippen molar-refractivity contribution in [3.8, 4) is 11.1 Å². The molecule has 1 fully saturated rings. The van der Waals surface area contributed by atoms with Gasteiger partial charge in [0.05, 0.1) is 11.1 Å². The number of urea groups is 1. The van der Waals surface area contributed by atoms with E-state index in [0.717, 1.165) is 27.9 Å². The number of hydrogen-bond acceptors (Lipinski definition) is 4. The number of hydrogen-bond donors (Lipinski definition) is 3. The van der Waals surface area contributed by atoms with Gasteiger partial charge in [-0.3, -0.25) is 10.4 Å². The summed E-state index contributed by atoms with van der Waals surface area (Å²) in [5.41, 5.74) is 5.02. The van der Waals surface area contributed by atoms with E-state index in [1.54, 1.807) is 0 Å².